The summed E-state index contributed by atoms with van der Waals surface area (Å²) in [7, 11) is 0. The van der Waals surface area contributed by atoms with Crippen LogP contribution in [0.5, 0.6) is 0 Å². The number of esters is 1. The van der Waals surface area contributed by atoms with Gasteiger partial charge in [-0.05, 0) is 6.07 Å². The molecule has 0 aromatic carbocycles. The summed E-state index contributed by atoms with van der Waals surface area (Å²) in [6.45, 7) is -0.160. The van der Waals surface area contributed by atoms with E-state index in [2.05, 4.69) is 19.9 Å². The molecule has 2 rings (SSSR count). The maximum atomic E-state index is 11.6. The van der Waals surface area contributed by atoms with Crippen molar-refractivity contribution in [2.24, 2.45) is 0 Å². The number of carbonyl (C=O) groups is 1. The highest BCUT2D eigenvalue weighted by Crippen LogP contribution is 2.11. The standard InChI is InChI=1S/C9H9ClN6O2/c10-4-1-5(13-2-4)7(17)18-3-6-14-8(11)16-9(12)15-6/h1-2,13H,3H2,(H4,11,12,14,15,16). The average Bonchev–Trinajstić information content (AvgIpc) is 2.71. The SMILES string of the molecule is Nc1nc(N)nc(COC(=O)c2cc(Cl)c[nH]2)n1. The molecule has 0 unspecified atom stereocenters. The number of H-pyrrole nitrogens is 1. The third kappa shape index (κ3) is 2.86. The summed E-state index contributed by atoms with van der Waals surface area (Å²) in [6.07, 6.45) is 1.47. The molecule has 2 aromatic heterocycles. The zero-order valence-electron chi connectivity index (χ0n) is 9.05. The van der Waals surface area contributed by atoms with Gasteiger partial charge in [0.05, 0.1) is 5.02 Å². The summed E-state index contributed by atoms with van der Waals surface area (Å²) < 4.78 is 4.94. The van der Waals surface area contributed by atoms with Gasteiger partial charge in [0, 0.05) is 6.20 Å². The molecule has 5 N–H and O–H groups in total. The molecule has 0 aliphatic carbocycles. The number of rotatable bonds is 3. The van der Waals surface area contributed by atoms with Gasteiger partial charge in [0.25, 0.3) is 0 Å². The lowest BCUT2D eigenvalue weighted by Crippen LogP contribution is -2.11. The summed E-state index contributed by atoms with van der Waals surface area (Å²) in [5, 5.41) is 0.413. The predicted octanol–water partition coefficient (Wildman–Crippen LogP) is 0.374. The van der Waals surface area contributed by atoms with E-state index >= 15 is 0 Å². The molecule has 0 atom stereocenters. The number of anilines is 2. The minimum absolute atomic E-state index is 0.0310. The first-order chi connectivity index (χ1) is 8.54. The number of hydrogen-bond donors (Lipinski definition) is 3. The van der Waals surface area contributed by atoms with Gasteiger partial charge in [-0.1, -0.05) is 11.6 Å². The molecule has 0 radical (unpaired) electrons. The number of ether oxygens (including phenoxy) is 1. The second-order valence-corrected chi connectivity index (χ2v) is 3.71. The lowest BCUT2D eigenvalue weighted by atomic mass is 10.4. The topological polar surface area (TPSA) is 133 Å². The molecule has 8 nitrogen and oxygen atoms in total. The van der Waals surface area contributed by atoms with Gasteiger partial charge in [0.1, 0.15) is 5.69 Å². The first-order valence-electron chi connectivity index (χ1n) is 4.81. The van der Waals surface area contributed by atoms with E-state index in [1.54, 1.807) is 0 Å². The Hall–Kier alpha value is -2.35. The van der Waals surface area contributed by atoms with Crippen LogP contribution in [-0.4, -0.2) is 25.9 Å². The van der Waals surface area contributed by atoms with Gasteiger partial charge in [-0.3, -0.25) is 0 Å². The number of carbonyl (C=O) groups excluding carboxylic acids is 1. The van der Waals surface area contributed by atoms with Crippen molar-refractivity contribution >= 4 is 29.5 Å². The second kappa shape index (κ2) is 4.88. The minimum Gasteiger partial charge on any atom is -0.453 e. The quantitative estimate of drug-likeness (QED) is 0.685. The third-order valence-corrected chi connectivity index (χ3v) is 2.13. The highest BCUT2D eigenvalue weighted by atomic mass is 35.5. The van der Waals surface area contributed by atoms with E-state index in [4.69, 9.17) is 27.8 Å². The van der Waals surface area contributed by atoms with Crippen molar-refractivity contribution in [2.75, 3.05) is 11.5 Å². The Labute approximate surface area is 106 Å². The maximum absolute atomic E-state index is 11.6. The number of aromatic nitrogens is 4. The third-order valence-electron chi connectivity index (χ3n) is 1.92. The first-order valence-corrected chi connectivity index (χ1v) is 5.19. The molecule has 0 spiro atoms. The fourth-order valence-electron chi connectivity index (χ4n) is 1.21. The number of nitrogens with zero attached hydrogens (tertiary/aromatic N) is 3. The molecule has 0 fully saturated rings. The Morgan fingerprint density at radius 1 is 1.33 bits per heavy atom. The van der Waals surface area contributed by atoms with E-state index in [1.165, 1.54) is 12.3 Å². The van der Waals surface area contributed by atoms with Crippen molar-refractivity contribution in [2.45, 2.75) is 6.61 Å². The van der Waals surface area contributed by atoms with Crippen molar-refractivity contribution < 1.29 is 9.53 Å². The van der Waals surface area contributed by atoms with Crippen LogP contribution >= 0.6 is 11.6 Å². The number of aromatic amines is 1. The maximum Gasteiger partial charge on any atom is 0.355 e. The Balaban J connectivity index is 2.01. The lowest BCUT2D eigenvalue weighted by Gasteiger charge is -2.03. The fourth-order valence-corrected chi connectivity index (χ4v) is 1.38. The van der Waals surface area contributed by atoms with Crippen LogP contribution in [-0.2, 0) is 11.3 Å². The first kappa shape index (κ1) is 12.1. The van der Waals surface area contributed by atoms with Gasteiger partial charge in [0.2, 0.25) is 11.9 Å². The van der Waals surface area contributed by atoms with E-state index < -0.39 is 5.97 Å². The molecule has 2 aromatic rings. The van der Waals surface area contributed by atoms with Crippen LogP contribution in [0.25, 0.3) is 0 Å². The monoisotopic (exact) mass is 268 g/mol. The van der Waals surface area contributed by atoms with E-state index in [9.17, 15) is 4.79 Å². The van der Waals surface area contributed by atoms with Gasteiger partial charge < -0.3 is 21.2 Å². The molecule has 18 heavy (non-hydrogen) atoms. The van der Waals surface area contributed by atoms with Crippen molar-refractivity contribution in [3.63, 3.8) is 0 Å². The summed E-state index contributed by atoms with van der Waals surface area (Å²) in [6, 6.07) is 1.44. The Bertz CT molecular complexity index is 564. The average molecular weight is 269 g/mol. The highest BCUT2D eigenvalue weighted by molar-refractivity contribution is 6.30. The molecule has 0 saturated heterocycles. The van der Waals surface area contributed by atoms with Crippen LogP contribution in [0.2, 0.25) is 5.02 Å². The van der Waals surface area contributed by atoms with Crippen LogP contribution in [0, 0.1) is 0 Å². The van der Waals surface area contributed by atoms with E-state index in [0.29, 0.717) is 5.02 Å². The molecular formula is C9H9ClN6O2. The molecule has 9 heteroatoms. The van der Waals surface area contributed by atoms with Gasteiger partial charge in [-0.2, -0.15) is 15.0 Å². The van der Waals surface area contributed by atoms with Crippen molar-refractivity contribution in [3.8, 4) is 0 Å². The van der Waals surface area contributed by atoms with Crippen LogP contribution in [0.15, 0.2) is 12.3 Å². The number of halogens is 1. The largest absolute Gasteiger partial charge is 0.453 e. The van der Waals surface area contributed by atoms with Crippen LogP contribution < -0.4 is 11.5 Å². The van der Waals surface area contributed by atoms with Crippen LogP contribution in [0.3, 0.4) is 0 Å². The van der Waals surface area contributed by atoms with Gasteiger partial charge in [-0.25, -0.2) is 4.79 Å². The minimum atomic E-state index is -0.584. The van der Waals surface area contributed by atoms with E-state index in [1.807, 2.05) is 0 Å². The number of nitrogens with two attached hydrogens (primary N) is 2. The summed E-state index contributed by atoms with van der Waals surface area (Å²) in [5.74, 6) is -0.474. The molecular weight excluding hydrogens is 260 g/mol. The number of nitrogen functional groups attached to an aromatic ring is 2. The number of hydrogen-bond acceptors (Lipinski definition) is 7. The van der Waals surface area contributed by atoms with Crippen LogP contribution in [0.4, 0.5) is 11.9 Å². The Morgan fingerprint density at radius 2 is 2.00 bits per heavy atom. The second-order valence-electron chi connectivity index (χ2n) is 3.28. The zero-order chi connectivity index (χ0) is 13.1. The Morgan fingerprint density at radius 3 is 2.56 bits per heavy atom. The van der Waals surface area contributed by atoms with Crippen molar-refractivity contribution in [3.05, 3.63) is 28.8 Å². The van der Waals surface area contributed by atoms with E-state index in [-0.39, 0.29) is 30.0 Å². The summed E-state index contributed by atoms with van der Waals surface area (Å²) in [5.41, 5.74) is 11.0. The normalized spacial score (nSPS) is 10.3. The van der Waals surface area contributed by atoms with Crippen molar-refractivity contribution in [1.82, 2.24) is 19.9 Å². The zero-order valence-corrected chi connectivity index (χ0v) is 9.81. The van der Waals surface area contributed by atoms with E-state index in [0.717, 1.165) is 0 Å². The Kier molecular flexibility index (Phi) is 3.28. The van der Waals surface area contributed by atoms with Gasteiger partial charge in [-0.15, -0.1) is 0 Å². The predicted molar refractivity (Wildman–Crippen MR) is 63.6 cm³/mol. The molecule has 0 aliphatic rings. The van der Waals surface area contributed by atoms with Gasteiger partial charge >= 0.3 is 5.97 Å². The fraction of sp³-hybridized carbons (Fsp3) is 0.111. The molecule has 0 aliphatic heterocycles. The number of nitrogens with one attached hydrogen (secondary N) is 1. The molecule has 0 amide bonds. The summed E-state index contributed by atoms with van der Waals surface area (Å²) in [4.78, 5) is 25.3. The smallest absolute Gasteiger partial charge is 0.355 e. The van der Waals surface area contributed by atoms with Crippen molar-refractivity contribution in [1.29, 1.82) is 0 Å². The molecule has 94 valence electrons. The van der Waals surface area contributed by atoms with Gasteiger partial charge in [0.15, 0.2) is 12.4 Å². The molecule has 0 saturated carbocycles. The molecule has 0 bridgehead atoms. The molecule has 2 heterocycles. The van der Waals surface area contributed by atoms with Crippen LogP contribution in [0.1, 0.15) is 16.3 Å². The summed E-state index contributed by atoms with van der Waals surface area (Å²) >= 11 is 5.66. The lowest BCUT2D eigenvalue weighted by molar-refractivity contribution is 0.0456. The highest BCUT2D eigenvalue weighted by Gasteiger charge is 2.11.